The molecule has 31 heavy (non-hydrogen) atoms. The largest absolute Gasteiger partial charge is 0.489 e. The first-order valence-electron chi connectivity index (χ1n) is 10.8. The Labute approximate surface area is 189 Å². The van der Waals surface area contributed by atoms with Crippen molar-refractivity contribution in [3.8, 4) is 17.0 Å². The average Bonchev–Trinajstić information content (AvgIpc) is 3.18. The molecule has 1 heterocycles. The maximum absolute atomic E-state index is 10.9. The summed E-state index contributed by atoms with van der Waals surface area (Å²) in [6.07, 6.45) is 1.69. The monoisotopic (exact) mass is 437 g/mol. The van der Waals surface area contributed by atoms with Crippen LogP contribution in [0.4, 0.5) is 0 Å². The zero-order chi connectivity index (χ0) is 22.5. The van der Waals surface area contributed by atoms with Gasteiger partial charge in [-0.25, -0.2) is 0 Å². The summed E-state index contributed by atoms with van der Waals surface area (Å²) in [7, 11) is 0. The first-order valence-corrected chi connectivity index (χ1v) is 11.6. The van der Waals surface area contributed by atoms with E-state index in [1.807, 2.05) is 26.0 Å². The van der Waals surface area contributed by atoms with Crippen molar-refractivity contribution in [2.45, 2.75) is 66.4 Å². The van der Waals surface area contributed by atoms with Gasteiger partial charge in [-0.2, -0.15) is 4.37 Å². The van der Waals surface area contributed by atoms with E-state index in [9.17, 15) is 4.79 Å². The summed E-state index contributed by atoms with van der Waals surface area (Å²) in [5, 5.41) is 8.97. The lowest BCUT2D eigenvalue weighted by molar-refractivity contribution is -0.136. The molecule has 3 rings (SSSR count). The second-order valence-corrected chi connectivity index (χ2v) is 9.04. The SMILES string of the molecule is CCc1ccc(-c2nsc(C(C)C)c2COc2ccc(CCC(=O)O)c(C)c2C)cc1. The highest BCUT2D eigenvalue weighted by molar-refractivity contribution is 7.06. The Balaban J connectivity index is 1.86. The number of benzene rings is 2. The maximum Gasteiger partial charge on any atom is 0.303 e. The van der Waals surface area contributed by atoms with E-state index in [1.54, 1.807) is 11.5 Å². The molecule has 0 aliphatic rings. The molecular formula is C26H31NO3S. The van der Waals surface area contributed by atoms with Crippen molar-refractivity contribution in [2.24, 2.45) is 0 Å². The highest BCUT2D eigenvalue weighted by Crippen LogP contribution is 2.35. The van der Waals surface area contributed by atoms with Gasteiger partial charge in [-0.3, -0.25) is 4.79 Å². The molecular weight excluding hydrogens is 406 g/mol. The Hall–Kier alpha value is -2.66. The number of rotatable bonds is 9. The molecule has 0 bridgehead atoms. The molecule has 0 fully saturated rings. The van der Waals surface area contributed by atoms with Gasteiger partial charge in [0.05, 0.1) is 5.69 Å². The third kappa shape index (κ3) is 5.34. The molecule has 0 unspecified atom stereocenters. The fourth-order valence-electron chi connectivity index (χ4n) is 3.71. The summed E-state index contributed by atoms with van der Waals surface area (Å²) >= 11 is 1.56. The summed E-state index contributed by atoms with van der Waals surface area (Å²) in [5.41, 5.74) is 7.81. The van der Waals surface area contributed by atoms with Crippen LogP contribution < -0.4 is 4.74 Å². The van der Waals surface area contributed by atoms with Crippen molar-refractivity contribution in [1.29, 1.82) is 0 Å². The number of hydrogen-bond donors (Lipinski definition) is 1. The number of aromatic nitrogens is 1. The van der Waals surface area contributed by atoms with E-state index in [4.69, 9.17) is 14.2 Å². The number of nitrogens with zero attached hydrogens (tertiary/aromatic N) is 1. The number of aliphatic carboxylic acids is 1. The maximum atomic E-state index is 10.9. The van der Waals surface area contributed by atoms with Crippen molar-refractivity contribution in [3.05, 3.63) is 69.1 Å². The van der Waals surface area contributed by atoms with Gasteiger partial charge >= 0.3 is 5.97 Å². The van der Waals surface area contributed by atoms with Crippen molar-refractivity contribution in [2.75, 3.05) is 0 Å². The second-order valence-electron chi connectivity index (χ2n) is 8.23. The van der Waals surface area contributed by atoms with Crippen molar-refractivity contribution in [3.63, 3.8) is 0 Å². The van der Waals surface area contributed by atoms with Crippen LogP contribution in [0.5, 0.6) is 5.75 Å². The first-order chi connectivity index (χ1) is 14.8. The smallest absolute Gasteiger partial charge is 0.303 e. The summed E-state index contributed by atoms with van der Waals surface area (Å²) < 4.78 is 11.1. The Bertz CT molecular complexity index is 1050. The molecule has 3 aromatic rings. The third-order valence-corrected chi connectivity index (χ3v) is 7.00. The van der Waals surface area contributed by atoms with Crippen LogP contribution in [0.2, 0.25) is 0 Å². The highest BCUT2D eigenvalue weighted by atomic mass is 32.1. The van der Waals surface area contributed by atoms with Gasteiger partial charge in [0, 0.05) is 22.4 Å². The number of carbonyl (C=O) groups is 1. The number of carboxylic acid groups (broad SMARTS) is 1. The summed E-state index contributed by atoms with van der Waals surface area (Å²) in [5.74, 6) is 0.439. The fraction of sp³-hybridized carbons (Fsp3) is 0.385. The molecule has 0 atom stereocenters. The van der Waals surface area contributed by atoms with E-state index in [1.165, 1.54) is 10.4 Å². The first kappa shape index (κ1) is 23.0. The molecule has 0 spiro atoms. The molecule has 0 aliphatic heterocycles. The molecule has 2 aromatic carbocycles. The van der Waals surface area contributed by atoms with Crippen LogP contribution in [0, 0.1) is 13.8 Å². The summed E-state index contributed by atoms with van der Waals surface area (Å²) in [4.78, 5) is 12.2. The number of hydrogen-bond acceptors (Lipinski definition) is 4. The predicted molar refractivity (Wildman–Crippen MR) is 127 cm³/mol. The quantitative estimate of drug-likeness (QED) is 0.404. The molecule has 4 nitrogen and oxygen atoms in total. The van der Waals surface area contributed by atoms with Crippen LogP contribution in [0.15, 0.2) is 36.4 Å². The molecule has 0 amide bonds. The predicted octanol–water partition coefficient (Wildman–Crippen LogP) is 6.71. The molecule has 0 radical (unpaired) electrons. The van der Waals surface area contributed by atoms with Gasteiger partial charge in [0.1, 0.15) is 12.4 Å². The van der Waals surface area contributed by atoms with E-state index < -0.39 is 5.97 Å². The van der Waals surface area contributed by atoms with Gasteiger partial charge in [0.2, 0.25) is 0 Å². The Morgan fingerprint density at radius 1 is 1.10 bits per heavy atom. The zero-order valence-corrected chi connectivity index (χ0v) is 19.8. The highest BCUT2D eigenvalue weighted by Gasteiger charge is 2.19. The normalized spacial score (nSPS) is 11.2. The van der Waals surface area contributed by atoms with E-state index in [2.05, 4.69) is 45.0 Å². The zero-order valence-electron chi connectivity index (χ0n) is 19.0. The minimum Gasteiger partial charge on any atom is -0.489 e. The molecule has 5 heteroatoms. The van der Waals surface area contributed by atoms with Crippen LogP contribution in [-0.2, 0) is 24.2 Å². The third-order valence-electron chi connectivity index (χ3n) is 5.81. The van der Waals surface area contributed by atoms with E-state index >= 15 is 0 Å². The number of carboxylic acids is 1. The fourth-order valence-corrected chi connectivity index (χ4v) is 4.59. The van der Waals surface area contributed by atoms with Crippen molar-refractivity contribution >= 4 is 17.5 Å². The molecule has 1 N–H and O–H groups in total. The van der Waals surface area contributed by atoms with Gasteiger partial charge < -0.3 is 9.84 Å². The van der Waals surface area contributed by atoms with Gasteiger partial charge in [0.25, 0.3) is 0 Å². The number of ether oxygens (including phenoxy) is 1. The van der Waals surface area contributed by atoms with Gasteiger partial charge in [-0.1, -0.05) is 51.1 Å². The molecule has 0 aliphatic carbocycles. The minimum absolute atomic E-state index is 0.138. The lowest BCUT2D eigenvalue weighted by Gasteiger charge is -2.16. The van der Waals surface area contributed by atoms with Crippen LogP contribution in [-0.4, -0.2) is 15.4 Å². The van der Waals surface area contributed by atoms with Crippen LogP contribution >= 0.6 is 11.5 Å². The molecule has 1 aromatic heterocycles. The Kier molecular flexibility index (Phi) is 7.50. The lowest BCUT2D eigenvalue weighted by atomic mass is 9.98. The van der Waals surface area contributed by atoms with Crippen LogP contribution in [0.1, 0.15) is 65.8 Å². The van der Waals surface area contributed by atoms with Crippen LogP contribution in [0.25, 0.3) is 11.3 Å². The van der Waals surface area contributed by atoms with Crippen LogP contribution in [0.3, 0.4) is 0 Å². The molecule has 164 valence electrons. The van der Waals surface area contributed by atoms with Crippen molar-refractivity contribution < 1.29 is 14.6 Å². The number of aryl methyl sites for hydroxylation is 2. The average molecular weight is 438 g/mol. The van der Waals surface area contributed by atoms with Gasteiger partial charge in [0.15, 0.2) is 0 Å². The molecule has 0 saturated carbocycles. The standard InChI is InChI=1S/C26H31NO3S/c1-6-19-7-9-21(10-8-19)25-22(26(16(2)3)31-27-25)15-30-23-13-11-20(12-14-24(28)29)17(4)18(23)5/h7-11,13,16H,6,12,14-15H2,1-5H3,(H,28,29). The van der Waals surface area contributed by atoms with E-state index in [0.717, 1.165) is 45.7 Å². The lowest BCUT2D eigenvalue weighted by Crippen LogP contribution is -2.04. The van der Waals surface area contributed by atoms with Crippen molar-refractivity contribution in [1.82, 2.24) is 4.37 Å². The Morgan fingerprint density at radius 2 is 1.81 bits per heavy atom. The minimum atomic E-state index is -0.775. The summed E-state index contributed by atoms with van der Waals surface area (Å²) in [6.45, 7) is 11.1. The molecule has 0 saturated heterocycles. The van der Waals surface area contributed by atoms with Gasteiger partial charge in [-0.15, -0.1) is 0 Å². The van der Waals surface area contributed by atoms with E-state index in [-0.39, 0.29) is 6.42 Å². The van der Waals surface area contributed by atoms with E-state index in [0.29, 0.717) is 18.9 Å². The summed E-state index contributed by atoms with van der Waals surface area (Å²) in [6, 6.07) is 12.6. The Morgan fingerprint density at radius 3 is 2.42 bits per heavy atom. The van der Waals surface area contributed by atoms with Gasteiger partial charge in [-0.05, 0) is 72.5 Å². The second kappa shape index (κ2) is 10.1. The topological polar surface area (TPSA) is 59.4 Å².